The normalized spacial score (nSPS) is 26.7. The van der Waals surface area contributed by atoms with Crippen LogP contribution in [0.2, 0.25) is 0 Å². The predicted octanol–water partition coefficient (Wildman–Crippen LogP) is 3.15. The van der Waals surface area contributed by atoms with Crippen molar-refractivity contribution in [2.24, 2.45) is 0 Å². The van der Waals surface area contributed by atoms with Gasteiger partial charge in [0.15, 0.2) is 11.1 Å². The molecule has 0 spiro atoms. The highest BCUT2D eigenvalue weighted by atomic mass is 32.2. The highest BCUT2D eigenvalue weighted by Crippen LogP contribution is 2.25. The summed E-state index contributed by atoms with van der Waals surface area (Å²) in [7, 11) is 0. The Kier molecular flexibility index (Phi) is 4.23. The summed E-state index contributed by atoms with van der Waals surface area (Å²) in [5.41, 5.74) is 0. The van der Waals surface area contributed by atoms with Gasteiger partial charge in [-0.3, -0.25) is 4.18 Å². The molecule has 94 valence electrons. The highest BCUT2D eigenvalue weighted by Gasteiger charge is 2.23. The van der Waals surface area contributed by atoms with Crippen molar-refractivity contribution in [2.45, 2.75) is 42.9 Å². The minimum Gasteiger partial charge on any atom is -0.283 e. The van der Waals surface area contributed by atoms with Gasteiger partial charge in [-0.25, -0.2) is 13.0 Å². The molecule has 1 aromatic carbocycles. The maximum absolute atomic E-state index is 12.9. The van der Waals surface area contributed by atoms with Gasteiger partial charge in [-0.1, -0.05) is 0 Å². The van der Waals surface area contributed by atoms with Crippen LogP contribution < -0.4 is 0 Å². The molecule has 17 heavy (non-hydrogen) atoms. The fourth-order valence-corrected chi connectivity index (χ4v) is 2.75. The molecular formula is C12H14F2O2S. The maximum atomic E-state index is 12.9. The van der Waals surface area contributed by atoms with Crippen molar-refractivity contribution >= 4 is 11.1 Å². The fraction of sp³-hybridized carbons (Fsp3) is 0.500. The molecule has 1 atom stereocenters. The first-order valence-corrected chi connectivity index (χ1v) is 6.71. The Bertz CT molecular complexity index is 386. The molecule has 0 N–H and O–H groups in total. The molecule has 2 nitrogen and oxygen atoms in total. The van der Waals surface area contributed by atoms with Gasteiger partial charge < -0.3 is 0 Å². The van der Waals surface area contributed by atoms with Crippen LogP contribution in [0.4, 0.5) is 8.78 Å². The van der Waals surface area contributed by atoms with Crippen LogP contribution in [0, 0.1) is 5.82 Å². The molecule has 1 unspecified atom stereocenters. The molecule has 1 fully saturated rings. The van der Waals surface area contributed by atoms with Gasteiger partial charge in [0.2, 0.25) is 0 Å². The van der Waals surface area contributed by atoms with Crippen molar-refractivity contribution in [1.29, 1.82) is 0 Å². The number of alkyl halides is 1. The third-order valence-corrected chi connectivity index (χ3v) is 3.94. The van der Waals surface area contributed by atoms with E-state index in [1.54, 1.807) is 0 Å². The van der Waals surface area contributed by atoms with Crippen LogP contribution in [-0.2, 0) is 15.3 Å². The van der Waals surface area contributed by atoms with E-state index in [0.717, 1.165) is 0 Å². The number of hydrogen-bond acceptors (Lipinski definition) is 2. The van der Waals surface area contributed by atoms with E-state index in [4.69, 9.17) is 4.18 Å². The summed E-state index contributed by atoms with van der Waals surface area (Å²) in [6.07, 6.45) is 1.20. The Morgan fingerprint density at radius 3 is 2.29 bits per heavy atom. The summed E-state index contributed by atoms with van der Waals surface area (Å²) in [5.74, 6) is -0.372. The molecule has 0 amide bonds. The largest absolute Gasteiger partial charge is 0.283 e. The van der Waals surface area contributed by atoms with Crippen LogP contribution in [0.1, 0.15) is 25.7 Å². The average molecular weight is 260 g/mol. The third-order valence-electron chi connectivity index (χ3n) is 2.83. The summed E-state index contributed by atoms with van der Waals surface area (Å²) in [4.78, 5) is 0.439. The zero-order chi connectivity index (χ0) is 12.3. The van der Waals surface area contributed by atoms with Gasteiger partial charge in [-0.2, -0.15) is 0 Å². The molecular weight excluding hydrogens is 246 g/mol. The second-order valence-electron chi connectivity index (χ2n) is 4.16. The molecule has 1 aliphatic carbocycles. The van der Waals surface area contributed by atoms with Crippen molar-refractivity contribution in [3.8, 4) is 0 Å². The van der Waals surface area contributed by atoms with Gasteiger partial charge in [0.25, 0.3) is 0 Å². The number of benzene rings is 1. The van der Waals surface area contributed by atoms with Crippen molar-refractivity contribution in [3.63, 3.8) is 0 Å². The monoisotopic (exact) mass is 260 g/mol. The predicted molar refractivity (Wildman–Crippen MR) is 61.0 cm³/mol. The molecule has 0 heterocycles. The first kappa shape index (κ1) is 12.6. The zero-order valence-electron chi connectivity index (χ0n) is 9.27. The van der Waals surface area contributed by atoms with E-state index in [9.17, 15) is 13.0 Å². The lowest BCUT2D eigenvalue weighted by Crippen LogP contribution is -2.23. The van der Waals surface area contributed by atoms with Crippen LogP contribution in [0.15, 0.2) is 29.2 Å². The van der Waals surface area contributed by atoms with E-state index >= 15 is 0 Å². The fourth-order valence-electron chi connectivity index (χ4n) is 1.84. The Labute approximate surface area is 102 Å². The molecule has 1 saturated carbocycles. The van der Waals surface area contributed by atoms with Crippen molar-refractivity contribution in [2.75, 3.05) is 0 Å². The Morgan fingerprint density at radius 2 is 1.71 bits per heavy atom. The molecule has 1 aliphatic rings. The van der Waals surface area contributed by atoms with Gasteiger partial charge >= 0.3 is 0 Å². The summed E-state index contributed by atoms with van der Waals surface area (Å²) in [6.45, 7) is 0. The van der Waals surface area contributed by atoms with Gasteiger partial charge in [0.05, 0.1) is 11.0 Å². The van der Waals surface area contributed by atoms with Crippen molar-refractivity contribution in [1.82, 2.24) is 0 Å². The smallest absolute Gasteiger partial charge is 0.189 e. The van der Waals surface area contributed by atoms with E-state index in [1.165, 1.54) is 24.3 Å². The van der Waals surface area contributed by atoms with Crippen molar-refractivity contribution < 1.29 is 17.2 Å². The van der Waals surface area contributed by atoms with E-state index in [-0.39, 0.29) is 11.9 Å². The summed E-state index contributed by atoms with van der Waals surface area (Å²) in [6, 6.07) is 5.36. The molecule has 2 rings (SSSR count). The summed E-state index contributed by atoms with van der Waals surface area (Å²) >= 11 is -1.59. The summed E-state index contributed by atoms with van der Waals surface area (Å²) in [5, 5.41) is 0. The van der Waals surface area contributed by atoms with Crippen LogP contribution in [-0.4, -0.2) is 16.5 Å². The molecule has 0 aromatic heterocycles. The Morgan fingerprint density at radius 1 is 1.12 bits per heavy atom. The topological polar surface area (TPSA) is 26.3 Å². The van der Waals surface area contributed by atoms with Gasteiger partial charge in [0.1, 0.15) is 12.0 Å². The molecule has 1 aromatic rings. The summed E-state index contributed by atoms with van der Waals surface area (Å²) < 4.78 is 42.7. The lowest BCUT2D eigenvalue weighted by Gasteiger charge is -2.23. The molecule has 0 saturated heterocycles. The first-order chi connectivity index (χ1) is 8.15. The van der Waals surface area contributed by atoms with Crippen LogP contribution in [0.3, 0.4) is 0 Å². The van der Waals surface area contributed by atoms with E-state index in [1.807, 2.05) is 0 Å². The number of halogens is 2. The van der Waals surface area contributed by atoms with Gasteiger partial charge in [-0.15, -0.1) is 0 Å². The van der Waals surface area contributed by atoms with Crippen LogP contribution in [0.5, 0.6) is 0 Å². The molecule has 0 bridgehead atoms. The van der Waals surface area contributed by atoms with Gasteiger partial charge in [-0.05, 0) is 49.9 Å². The van der Waals surface area contributed by atoms with Gasteiger partial charge in [0, 0.05) is 0 Å². The van der Waals surface area contributed by atoms with Crippen molar-refractivity contribution in [3.05, 3.63) is 30.1 Å². The zero-order valence-corrected chi connectivity index (χ0v) is 10.1. The number of rotatable bonds is 3. The maximum Gasteiger partial charge on any atom is 0.189 e. The van der Waals surface area contributed by atoms with E-state index in [0.29, 0.717) is 30.6 Å². The average Bonchev–Trinajstić information content (AvgIpc) is 2.33. The minimum atomic E-state index is -1.59. The minimum absolute atomic E-state index is 0.159. The van der Waals surface area contributed by atoms with Crippen LogP contribution >= 0.6 is 0 Å². The Balaban J connectivity index is 1.91. The molecule has 0 aliphatic heterocycles. The van der Waals surface area contributed by atoms with Crippen LogP contribution in [0.25, 0.3) is 0 Å². The lowest BCUT2D eigenvalue weighted by molar-refractivity contribution is 0.126. The van der Waals surface area contributed by atoms with E-state index in [2.05, 4.69) is 0 Å². The SMILES string of the molecule is O=S(OC1CCC(F)CC1)c1ccc(F)cc1. The number of hydrogen-bond donors (Lipinski definition) is 0. The van der Waals surface area contributed by atoms with E-state index < -0.39 is 17.3 Å². The second kappa shape index (κ2) is 5.69. The standard InChI is InChI=1S/C12H14F2O2S/c13-9-1-5-11(6-2-9)16-17(15)12-7-3-10(14)4-8-12/h3-4,7-9,11H,1-2,5-6H2. The first-order valence-electron chi connectivity index (χ1n) is 5.63. The lowest BCUT2D eigenvalue weighted by atomic mass is 9.96. The quantitative estimate of drug-likeness (QED) is 0.834. The second-order valence-corrected chi connectivity index (χ2v) is 5.29. The molecule has 5 heteroatoms. The third kappa shape index (κ3) is 3.57. The highest BCUT2D eigenvalue weighted by molar-refractivity contribution is 7.80. The molecule has 0 radical (unpaired) electrons. The Hall–Kier alpha value is -0.810.